The molecule has 0 aliphatic carbocycles. The zero-order valence-electron chi connectivity index (χ0n) is 48.7. The van der Waals surface area contributed by atoms with Gasteiger partial charge in [0, 0.05) is 19.3 Å². The predicted octanol–water partition coefficient (Wildman–Crippen LogP) is 21.6. The fourth-order valence-corrected chi connectivity index (χ4v) is 9.25. The molecular formula is C67H120O6. The number of rotatable bonds is 58. The minimum atomic E-state index is -0.776. The van der Waals surface area contributed by atoms with Gasteiger partial charge in [-0.15, -0.1) is 0 Å². The first-order chi connectivity index (χ1) is 36.0. The van der Waals surface area contributed by atoms with Gasteiger partial charge in [-0.1, -0.05) is 287 Å². The van der Waals surface area contributed by atoms with E-state index in [0.29, 0.717) is 19.3 Å². The molecule has 1 unspecified atom stereocenters. The van der Waals surface area contributed by atoms with E-state index >= 15 is 0 Å². The van der Waals surface area contributed by atoms with Gasteiger partial charge in [0.05, 0.1) is 0 Å². The van der Waals surface area contributed by atoms with Crippen LogP contribution in [0.5, 0.6) is 0 Å². The highest BCUT2D eigenvalue weighted by atomic mass is 16.6. The Morgan fingerprint density at radius 3 is 0.849 bits per heavy atom. The standard InChI is InChI=1S/C67H120O6/c1-4-7-10-13-16-19-22-25-27-28-29-30-31-32-33-34-35-36-37-38-40-42-45-48-51-54-57-60-66(69)72-63-64(62-71-65(68)59-56-53-50-47-44-41-24-21-18-15-12-9-6-3)73-67(70)61-58-55-52-49-46-43-39-26-23-20-17-14-11-8-5-2/h7,10,16,19,25-27,29-30,39,64H,4-6,8-9,11-15,17-18,20-24,28,31-38,40-63H2,1-3H3/b10-7-,19-16-,27-25-,30-29-,39-26-. The SMILES string of the molecule is CC/C=C\C/C=C\C/C=C\C/C=C\CCCCCCCCCCCCCCCCC(=O)OCC(COC(=O)CCCCCCCCCCCCCCC)OC(=O)CCCCCCC/C=C\CCCCCCCC. The van der Waals surface area contributed by atoms with Crippen LogP contribution in [0.1, 0.15) is 329 Å². The van der Waals surface area contributed by atoms with Crippen molar-refractivity contribution < 1.29 is 28.6 Å². The smallest absolute Gasteiger partial charge is 0.306 e. The van der Waals surface area contributed by atoms with Crippen LogP contribution in [0, 0.1) is 0 Å². The Bertz CT molecular complexity index is 1310. The van der Waals surface area contributed by atoms with Crippen LogP contribution in [-0.2, 0) is 28.6 Å². The molecule has 0 aliphatic rings. The highest BCUT2D eigenvalue weighted by Gasteiger charge is 2.19. The second-order valence-corrected chi connectivity index (χ2v) is 21.3. The molecule has 0 aromatic heterocycles. The summed E-state index contributed by atoms with van der Waals surface area (Å²) in [6, 6.07) is 0. The lowest BCUT2D eigenvalue weighted by Gasteiger charge is -2.18. The van der Waals surface area contributed by atoms with E-state index in [1.165, 1.54) is 199 Å². The Morgan fingerprint density at radius 2 is 0.534 bits per heavy atom. The molecule has 424 valence electrons. The third kappa shape index (κ3) is 59.9. The van der Waals surface area contributed by atoms with Crippen molar-refractivity contribution in [3.63, 3.8) is 0 Å². The summed E-state index contributed by atoms with van der Waals surface area (Å²) >= 11 is 0. The molecule has 0 aromatic rings. The summed E-state index contributed by atoms with van der Waals surface area (Å²) < 4.78 is 16.9. The molecule has 0 heterocycles. The van der Waals surface area contributed by atoms with Crippen LogP contribution >= 0.6 is 0 Å². The average Bonchev–Trinajstić information content (AvgIpc) is 3.39. The van der Waals surface area contributed by atoms with E-state index in [-0.39, 0.29) is 31.1 Å². The first-order valence-electron chi connectivity index (χ1n) is 31.8. The third-order valence-electron chi connectivity index (χ3n) is 14.0. The lowest BCUT2D eigenvalue weighted by Crippen LogP contribution is -2.30. The Morgan fingerprint density at radius 1 is 0.288 bits per heavy atom. The Balaban J connectivity index is 4.23. The highest BCUT2D eigenvalue weighted by Crippen LogP contribution is 2.17. The summed E-state index contributed by atoms with van der Waals surface area (Å²) in [4.78, 5) is 38.2. The summed E-state index contributed by atoms with van der Waals surface area (Å²) in [7, 11) is 0. The summed E-state index contributed by atoms with van der Waals surface area (Å²) in [5.74, 6) is -0.864. The summed E-state index contributed by atoms with van der Waals surface area (Å²) in [5, 5.41) is 0. The summed E-state index contributed by atoms with van der Waals surface area (Å²) in [5.41, 5.74) is 0. The van der Waals surface area contributed by atoms with E-state index in [1.54, 1.807) is 0 Å². The van der Waals surface area contributed by atoms with E-state index in [4.69, 9.17) is 14.2 Å². The molecule has 6 nitrogen and oxygen atoms in total. The molecule has 1 atom stereocenters. The first kappa shape index (κ1) is 70.1. The van der Waals surface area contributed by atoms with Crippen molar-refractivity contribution in [3.05, 3.63) is 60.8 Å². The number of unbranched alkanes of at least 4 members (excludes halogenated alkanes) is 37. The lowest BCUT2D eigenvalue weighted by molar-refractivity contribution is -0.167. The van der Waals surface area contributed by atoms with Crippen molar-refractivity contribution in [1.29, 1.82) is 0 Å². The molecule has 0 radical (unpaired) electrons. The van der Waals surface area contributed by atoms with Gasteiger partial charge in [-0.05, 0) is 83.5 Å². The molecule has 0 saturated carbocycles. The molecule has 0 N–H and O–H groups in total. The van der Waals surface area contributed by atoms with Gasteiger partial charge in [0.2, 0.25) is 0 Å². The molecule has 0 aromatic carbocycles. The van der Waals surface area contributed by atoms with Crippen LogP contribution in [0.4, 0.5) is 0 Å². The van der Waals surface area contributed by atoms with Crippen LogP contribution in [0.2, 0.25) is 0 Å². The van der Waals surface area contributed by atoms with Gasteiger partial charge in [-0.2, -0.15) is 0 Å². The molecule has 0 rings (SSSR count). The minimum Gasteiger partial charge on any atom is -0.462 e. The average molecular weight is 1020 g/mol. The zero-order valence-corrected chi connectivity index (χ0v) is 48.7. The number of carbonyl (C=O) groups excluding carboxylic acids is 3. The Labute approximate surface area is 453 Å². The summed E-state index contributed by atoms with van der Waals surface area (Å²) in [6.07, 6.45) is 78.0. The van der Waals surface area contributed by atoms with E-state index in [2.05, 4.69) is 81.5 Å². The first-order valence-corrected chi connectivity index (χ1v) is 31.8. The lowest BCUT2D eigenvalue weighted by atomic mass is 10.0. The van der Waals surface area contributed by atoms with E-state index < -0.39 is 6.10 Å². The molecular weight excluding hydrogens is 901 g/mol. The predicted molar refractivity (Wildman–Crippen MR) is 316 cm³/mol. The number of ether oxygens (including phenoxy) is 3. The van der Waals surface area contributed by atoms with Crippen LogP contribution < -0.4 is 0 Å². The molecule has 0 fully saturated rings. The van der Waals surface area contributed by atoms with Crippen molar-refractivity contribution >= 4 is 17.9 Å². The van der Waals surface area contributed by atoms with Crippen molar-refractivity contribution in [2.75, 3.05) is 13.2 Å². The maximum Gasteiger partial charge on any atom is 0.306 e. The molecule has 0 bridgehead atoms. The number of hydrogen-bond acceptors (Lipinski definition) is 6. The second-order valence-electron chi connectivity index (χ2n) is 21.3. The maximum atomic E-state index is 12.9. The van der Waals surface area contributed by atoms with E-state index in [9.17, 15) is 14.4 Å². The van der Waals surface area contributed by atoms with E-state index in [1.807, 2.05) is 0 Å². The molecule has 0 aliphatic heterocycles. The van der Waals surface area contributed by atoms with Crippen LogP contribution in [0.25, 0.3) is 0 Å². The summed E-state index contributed by atoms with van der Waals surface area (Å²) in [6.45, 7) is 6.56. The number of esters is 3. The maximum absolute atomic E-state index is 12.9. The molecule has 73 heavy (non-hydrogen) atoms. The van der Waals surface area contributed by atoms with Gasteiger partial charge in [0.1, 0.15) is 13.2 Å². The molecule has 6 heteroatoms. The quantitative estimate of drug-likeness (QED) is 0.0261. The topological polar surface area (TPSA) is 78.9 Å². The fourth-order valence-electron chi connectivity index (χ4n) is 9.25. The van der Waals surface area contributed by atoms with E-state index in [0.717, 1.165) is 89.9 Å². The van der Waals surface area contributed by atoms with Crippen molar-refractivity contribution in [3.8, 4) is 0 Å². The molecule has 0 spiro atoms. The number of allylic oxidation sites excluding steroid dienone is 10. The molecule has 0 saturated heterocycles. The van der Waals surface area contributed by atoms with Crippen LogP contribution in [0.3, 0.4) is 0 Å². The highest BCUT2D eigenvalue weighted by molar-refractivity contribution is 5.71. The monoisotopic (exact) mass is 1020 g/mol. The Kier molecular flexibility index (Phi) is 59.2. The van der Waals surface area contributed by atoms with Gasteiger partial charge in [-0.3, -0.25) is 14.4 Å². The van der Waals surface area contributed by atoms with Crippen LogP contribution in [-0.4, -0.2) is 37.2 Å². The van der Waals surface area contributed by atoms with Gasteiger partial charge in [0.15, 0.2) is 6.10 Å². The van der Waals surface area contributed by atoms with Gasteiger partial charge < -0.3 is 14.2 Å². The number of carbonyl (C=O) groups is 3. The van der Waals surface area contributed by atoms with Gasteiger partial charge in [-0.25, -0.2) is 0 Å². The van der Waals surface area contributed by atoms with Crippen molar-refractivity contribution in [1.82, 2.24) is 0 Å². The Hall–Kier alpha value is -2.89. The third-order valence-corrected chi connectivity index (χ3v) is 14.0. The van der Waals surface area contributed by atoms with Gasteiger partial charge >= 0.3 is 17.9 Å². The molecule has 0 amide bonds. The van der Waals surface area contributed by atoms with Crippen molar-refractivity contribution in [2.24, 2.45) is 0 Å². The normalized spacial score (nSPS) is 12.4. The number of hydrogen-bond donors (Lipinski definition) is 0. The minimum absolute atomic E-state index is 0.0730. The second kappa shape index (κ2) is 61.7. The van der Waals surface area contributed by atoms with Crippen molar-refractivity contribution in [2.45, 2.75) is 335 Å². The largest absolute Gasteiger partial charge is 0.462 e. The van der Waals surface area contributed by atoms with Crippen LogP contribution in [0.15, 0.2) is 60.8 Å². The fraction of sp³-hybridized carbons (Fsp3) is 0.806. The zero-order chi connectivity index (χ0) is 52.9. The van der Waals surface area contributed by atoms with Gasteiger partial charge in [0.25, 0.3) is 0 Å².